The zero-order valence-electron chi connectivity index (χ0n) is 18.4. The molecule has 1 aromatic heterocycles. The van der Waals surface area contributed by atoms with E-state index in [4.69, 9.17) is 0 Å². The van der Waals surface area contributed by atoms with Gasteiger partial charge in [-0.15, -0.1) is 5.10 Å². The van der Waals surface area contributed by atoms with Gasteiger partial charge in [-0.1, -0.05) is 35.5 Å². The molecule has 0 saturated heterocycles. The highest BCUT2D eigenvalue weighted by atomic mass is 16.3. The van der Waals surface area contributed by atoms with Crippen molar-refractivity contribution in [2.45, 2.75) is 63.1 Å². The first-order chi connectivity index (χ1) is 15.6. The number of aliphatic hydroxyl groups excluding tert-OH is 1. The van der Waals surface area contributed by atoms with E-state index < -0.39 is 0 Å². The van der Waals surface area contributed by atoms with Crippen molar-refractivity contribution in [3.05, 3.63) is 70.4 Å². The van der Waals surface area contributed by atoms with Gasteiger partial charge in [-0.05, 0) is 72.8 Å². The lowest BCUT2D eigenvalue weighted by molar-refractivity contribution is 0.0479. The number of aromatic nitrogens is 3. The van der Waals surface area contributed by atoms with Crippen LogP contribution in [0, 0.1) is 0 Å². The number of amides is 1. The van der Waals surface area contributed by atoms with Gasteiger partial charge in [0.1, 0.15) is 5.69 Å². The van der Waals surface area contributed by atoms with Crippen molar-refractivity contribution in [2.75, 3.05) is 0 Å². The van der Waals surface area contributed by atoms with Gasteiger partial charge < -0.3 is 10.0 Å². The summed E-state index contributed by atoms with van der Waals surface area (Å²) in [6, 6.07) is 12.9. The van der Waals surface area contributed by atoms with Gasteiger partial charge in [-0.2, -0.15) is 0 Å². The Balaban J connectivity index is 1.28. The van der Waals surface area contributed by atoms with Crippen LogP contribution in [0.5, 0.6) is 0 Å². The van der Waals surface area contributed by atoms with E-state index in [1.165, 1.54) is 29.5 Å². The summed E-state index contributed by atoms with van der Waals surface area (Å²) in [6.45, 7) is 0.642. The number of hydrogen-bond acceptors (Lipinski definition) is 4. The van der Waals surface area contributed by atoms with Crippen LogP contribution in [-0.2, 0) is 20.0 Å². The molecule has 2 saturated carbocycles. The molecule has 0 bridgehead atoms. The van der Waals surface area contributed by atoms with Crippen LogP contribution in [0.4, 0.5) is 0 Å². The number of aryl methyl sites for hydroxylation is 1. The van der Waals surface area contributed by atoms with Crippen LogP contribution in [0.25, 0.3) is 11.3 Å². The van der Waals surface area contributed by atoms with Crippen molar-refractivity contribution in [2.24, 2.45) is 7.05 Å². The quantitative estimate of drug-likeness (QED) is 0.671. The summed E-state index contributed by atoms with van der Waals surface area (Å²) in [4.78, 5) is 15.1. The molecule has 2 heterocycles. The fraction of sp³-hybridized carbons (Fsp3) is 0.423. The second-order valence-corrected chi connectivity index (χ2v) is 9.63. The van der Waals surface area contributed by atoms with Crippen LogP contribution >= 0.6 is 0 Å². The average Bonchev–Trinajstić information content (AvgIpc) is 3.28. The van der Waals surface area contributed by atoms with E-state index in [0.717, 1.165) is 48.1 Å². The molecule has 6 nitrogen and oxygen atoms in total. The molecule has 6 rings (SSSR count). The van der Waals surface area contributed by atoms with Crippen molar-refractivity contribution in [1.82, 2.24) is 19.9 Å². The number of benzene rings is 2. The number of aliphatic hydroxyl groups is 1. The third-order valence-corrected chi connectivity index (χ3v) is 7.31. The lowest BCUT2D eigenvalue weighted by atomic mass is 9.92. The summed E-state index contributed by atoms with van der Waals surface area (Å²) in [5, 5.41) is 18.6. The van der Waals surface area contributed by atoms with Crippen molar-refractivity contribution in [3.8, 4) is 11.3 Å². The molecular weight excluding hydrogens is 400 g/mol. The molecule has 3 aromatic rings. The van der Waals surface area contributed by atoms with Crippen LogP contribution in [-0.4, -0.2) is 43.1 Å². The molecule has 2 fully saturated rings. The Labute approximate surface area is 187 Å². The number of hydrogen-bond donors (Lipinski definition) is 1. The standard InChI is InChI=1S/C26H28N4O2/c1-29-15-23(27-28-29)18-7-5-16(6-8-18)11-19-12-22-20(13-21(19)17-9-10-17)14-30(26(22)32)24-3-2-4-25(24)31/h5-8,12-13,15,17,24-25,31H,2-4,9-11,14H2,1H3/t24?,25-/m0/s1. The Morgan fingerprint density at radius 1 is 1.09 bits per heavy atom. The van der Waals surface area contributed by atoms with Crippen molar-refractivity contribution >= 4 is 5.91 Å². The molecule has 2 aromatic carbocycles. The van der Waals surface area contributed by atoms with Gasteiger partial charge in [0.05, 0.1) is 18.3 Å². The maximum Gasteiger partial charge on any atom is 0.254 e. The van der Waals surface area contributed by atoms with E-state index in [2.05, 4.69) is 46.7 Å². The number of carbonyl (C=O) groups is 1. The van der Waals surface area contributed by atoms with Crippen LogP contribution in [0.15, 0.2) is 42.6 Å². The van der Waals surface area contributed by atoms with Gasteiger partial charge in [0.15, 0.2) is 0 Å². The topological polar surface area (TPSA) is 71.2 Å². The smallest absolute Gasteiger partial charge is 0.254 e. The monoisotopic (exact) mass is 428 g/mol. The predicted molar refractivity (Wildman–Crippen MR) is 121 cm³/mol. The molecule has 3 aliphatic rings. The van der Waals surface area contributed by atoms with Crippen LogP contribution < -0.4 is 0 Å². The van der Waals surface area contributed by atoms with Gasteiger partial charge in [0, 0.05) is 24.7 Å². The lowest BCUT2D eigenvalue weighted by Crippen LogP contribution is -2.40. The van der Waals surface area contributed by atoms with Crippen molar-refractivity contribution < 1.29 is 9.90 Å². The lowest BCUT2D eigenvalue weighted by Gasteiger charge is -2.26. The molecular formula is C26H28N4O2. The highest BCUT2D eigenvalue weighted by Crippen LogP contribution is 2.44. The van der Waals surface area contributed by atoms with E-state index in [9.17, 15) is 9.90 Å². The minimum absolute atomic E-state index is 0.0312. The Morgan fingerprint density at radius 2 is 1.91 bits per heavy atom. The average molecular weight is 429 g/mol. The van der Waals surface area contributed by atoms with Crippen molar-refractivity contribution in [3.63, 3.8) is 0 Å². The molecule has 1 unspecified atom stereocenters. The fourth-order valence-electron chi connectivity index (χ4n) is 5.42. The van der Waals surface area contributed by atoms with Crippen LogP contribution in [0.2, 0.25) is 0 Å². The highest BCUT2D eigenvalue weighted by Gasteiger charge is 2.39. The minimum Gasteiger partial charge on any atom is -0.391 e. The van der Waals surface area contributed by atoms with Gasteiger partial charge >= 0.3 is 0 Å². The van der Waals surface area contributed by atoms with E-state index >= 15 is 0 Å². The summed E-state index contributed by atoms with van der Waals surface area (Å²) in [6.07, 6.45) is 7.51. The zero-order valence-corrected chi connectivity index (χ0v) is 18.4. The maximum absolute atomic E-state index is 13.2. The number of rotatable bonds is 5. The Kier molecular flexibility index (Phi) is 4.65. The SMILES string of the molecule is Cn1cc(-c2ccc(Cc3cc4c(cc3C3CC3)CN(C3CCC[C@@H]3O)C4=O)cc2)nn1. The highest BCUT2D eigenvalue weighted by molar-refractivity contribution is 5.99. The van der Waals surface area contributed by atoms with Crippen molar-refractivity contribution in [1.29, 1.82) is 0 Å². The molecule has 2 aliphatic carbocycles. The molecule has 1 amide bonds. The molecule has 0 spiro atoms. The van der Waals surface area contributed by atoms with Gasteiger partial charge in [0.25, 0.3) is 5.91 Å². The number of nitrogens with zero attached hydrogens (tertiary/aromatic N) is 4. The summed E-state index contributed by atoms with van der Waals surface area (Å²) < 4.78 is 1.71. The second-order valence-electron chi connectivity index (χ2n) is 9.63. The van der Waals surface area contributed by atoms with Gasteiger partial charge in [0.2, 0.25) is 0 Å². The largest absolute Gasteiger partial charge is 0.391 e. The molecule has 0 radical (unpaired) electrons. The first-order valence-corrected chi connectivity index (χ1v) is 11.7. The van der Waals surface area contributed by atoms with Gasteiger partial charge in [-0.25, -0.2) is 0 Å². The molecule has 164 valence electrons. The maximum atomic E-state index is 13.2. The van der Waals surface area contributed by atoms with Crippen LogP contribution in [0.3, 0.4) is 0 Å². The third-order valence-electron chi connectivity index (χ3n) is 7.31. The zero-order chi connectivity index (χ0) is 21.8. The summed E-state index contributed by atoms with van der Waals surface area (Å²) in [5.41, 5.74) is 7.80. The van der Waals surface area contributed by atoms with E-state index in [-0.39, 0.29) is 18.1 Å². The predicted octanol–water partition coefficient (Wildman–Crippen LogP) is 3.82. The molecule has 32 heavy (non-hydrogen) atoms. The molecule has 6 heteroatoms. The number of fused-ring (bicyclic) bond motifs is 1. The summed E-state index contributed by atoms with van der Waals surface area (Å²) >= 11 is 0. The molecule has 1 N–H and O–H groups in total. The minimum atomic E-state index is -0.386. The molecule has 2 atom stereocenters. The second kappa shape index (κ2) is 7.55. The van der Waals surface area contributed by atoms with E-state index in [1.807, 2.05) is 18.1 Å². The van der Waals surface area contributed by atoms with Crippen LogP contribution in [0.1, 0.15) is 70.6 Å². The van der Waals surface area contributed by atoms with Gasteiger partial charge in [-0.3, -0.25) is 9.48 Å². The number of carbonyl (C=O) groups excluding carboxylic acids is 1. The Morgan fingerprint density at radius 3 is 2.56 bits per heavy atom. The summed E-state index contributed by atoms with van der Waals surface area (Å²) in [5.74, 6) is 0.711. The third kappa shape index (κ3) is 3.43. The fourth-order valence-corrected chi connectivity index (χ4v) is 5.42. The first-order valence-electron chi connectivity index (χ1n) is 11.7. The summed E-state index contributed by atoms with van der Waals surface area (Å²) in [7, 11) is 1.87. The molecule has 1 aliphatic heterocycles. The normalized spacial score (nSPS) is 22.6. The van der Waals surface area contributed by atoms with E-state index in [0.29, 0.717) is 12.5 Å². The Hall–Kier alpha value is -2.99. The Bertz CT molecular complexity index is 1180. The first kappa shape index (κ1) is 19.7. The van der Waals surface area contributed by atoms with E-state index in [1.54, 1.807) is 4.68 Å².